The van der Waals surface area contributed by atoms with Crippen LogP contribution < -0.4 is 5.32 Å². The quantitative estimate of drug-likeness (QED) is 0.873. The molecule has 5 heteroatoms. The Morgan fingerprint density at radius 2 is 1.92 bits per heavy atom. The fourth-order valence-electron chi connectivity index (χ4n) is 3.65. The molecule has 2 aromatic heterocycles. The molecule has 1 unspecified atom stereocenters. The molecule has 1 N–H and O–H groups in total. The van der Waals surface area contributed by atoms with Crippen molar-refractivity contribution < 1.29 is 4.79 Å². The summed E-state index contributed by atoms with van der Waals surface area (Å²) in [4.78, 5) is 17.3. The fourth-order valence-corrected chi connectivity index (χ4v) is 4.73. The summed E-state index contributed by atoms with van der Waals surface area (Å²) in [6, 6.07) is 4.72. The summed E-state index contributed by atoms with van der Waals surface area (Å²) >= 11 is 1.74. The average Bonchev–Trinajstić information content (AvgIpc) is 3.12. The van der Waals surface area contributed by atoms with E-state index < -0.39 is 0 Å². The van der Waals surface area contributed by atoms with E-state index in [1.54, 1.807) is 11.3 Å². The molecule has 2 saturated carbocycles. The molecule has 2 heterocycles. The Hall–Kier alpha value is -1.62. The number of carbonyl (C=O) groups excluding carboxylic acids is 1. The van der Waals surface area contributed by atoms with Crippen molar-refractivity contribution in [3.05, 3.63) is 40.6 Å². The van der Waals surface area contributed by atoms with Crippen LogP contribution in [0.1, 0.15) is 74.2 Å². The molecule has 1 atom stereocenters. The molecular formula is C19H25N3OS. The van der Waals surface area contributed by atoms with Crippen molar-refractivity contribution in [3.63, 3.8) is 0 Å². The molecule has 0 spiro atoms. The molecular weight excluding hydrogens is 318 g/mol. The molecule has 0 radical (unpaired) electrons. The van der Waals surface area contributed by atoms with Gasteiger partial charge in [-0.05, 0) is 57.6 Å². The highest BCUT2D eigenvalue weighted by Gasteiger charge is 2.29. The molecule has 128 valence electrons. The number of amides is 1. The molecule has 0 aromatic carbocycles. The summed E-state index contributed by atoms with van der Waals surface area (Å²) in [5, 5.41) is 6.55. The molecule has 0 bridgehead atoms. The molecule has 24 heavy (non-hydrogen) atoms. The lowest BCUT2D eigenvalue weighted by Crippen LogP contribution is -2.35. The predicted molar refractivity (Wildman–Crippen MR) is 96.1 cm³/mol. The number of hydrogen-bond donors (Lipinski definition) is 1. The largest absolute Gasteiger partial charge is 0.351 e. The molecule has 0 saturated heterocycles. The van der Waals surface area contributed by atoms with E-state index in [9.17, 15) is 4.79 Å². The van der Waals surface area contributed by atoms with Gasteiger partial charge in [0.25, 0.3) is 0 Å². The van der Waals surface area contributed by atoms with E-state index in [2.05, 4.69) is 46.7 Å². The summed E-state index contributed by atoms with van der Waals surface area (Å²) in [6.45, 7) is 2.05. The number of aromatic nitrogens is 2. The lowest BCUT2D eigenvalue weighted by atomic mass is 9.85. The molecule has 1 amide bonds. The van der Waals surface area contributed by atoms with Crippen molar-refractivity contribution in [2.45, 2.75) is 63.5 Å². The minimum Gasteiger partial charge on any atom is -0.351 e. The van der Waals surface area contributed by atoms with Crippen LogP contribution in [0, 0.1) is 5.92 Å². The molecule has 0 aliphatic heterocycles. The summed E-state index contributed by atoms with van der Waals surface area (Å²) in [6.07, 6.45) is 10.9. The van der Waals surface area contributed by atoms with Crippen LogP contribution in [-0.2, 0) is 4.79 Å². The standard InChI is InChI=1S/C19H25N3OS/c1-13(17-12-24-19(21-17)15-4-5-15)20-18(23)14-6-8-16(9-7-14)22-10-2-3-11-22/h2-3,10-16H,4-9H2,1H3,(H,20,23). The Morgan fingerprint density at radius 3 is 2.58 bits per heavy atom. The lowest BCUT2D eigenvalue weighted by molar-refractivity contribution is -0.126. The molecule has 2 aliphatic carbocycles. The third-order valence-corrected chi connectivity index (χ3v) is 6.41. The third kappa shape index (κ3) is 3.41. The second-order valence-corrected chi connectivity index (χ2v) is 8.14. The van der Waals surface area contributed by atoms with Gasteiger partial charge >= 0.3 is 0 Å². The Morgan fingerprint density at radius 1 is 1.21 bits per heavy atom. The van der Waals surface area contributed by atoms with Crippen LogP contribution >= 0.6 is 11.3 Å². The van der Waals surface area contributed by atoms with Gasteiger partial charge in [0.05, 0.1) is 16.7 Å². The van der Waals surface area contributed by atoms with E-state index in [4.69, 9.17) is 4.98 Å². The van der Waals surface area contributed by atoms with Crippen LogP contribution in [0.25, 0.3) is 0 Å². The van der Waals surface area contributed by atoms with Gasteiger partial charge in [0.15, 0.2) is 0 Å². The van der Waals surface area contributed by atoms with E-state index >= 15 is 0 Å². The van der Waals surface area contributed by atoms with E-state index in [0.717, 1.165) is 31.4 Å². The van der Waals surface area contributed by atoms with Crippen LogP contribution in [0.2, 0.25) is 0 Å². The van der Waals surface area contributed by atoms with Gasteiger partial charge in [0.2, 0.25) is 5.91 Å². The van der Waals surface area contributed by atoms with Gasteiger partial charge in [-0.1, -0.05) is 0 Å². The van der Waals surface area contributed by atoms with Crippen molar-refractivity contribution in [3.8, 4) is 0 Å². The predicted octanol–water partition coefficient (Wildman–Crippen LogP) is 4.43. The first-order valence-corrected chi connectivity index (χ1v) is 9.97. The monoisotopic (exact) mass is 343 g/mol. The second kappa shape index (κ2) is 6.71. The number of hydrogen-bond acceptors (Lipinski definition) is 3. The summed E-state index contributed by atoms with van der Waals surface area (Å²) < 4.78 is 2.28. The summed E-state index contributed by atoms with van der Waals surface area (Å²) in [7, 11) is 0. The molecule has 4 rings (SSSR count). The lowest BCUT2D eigenvalue weighted by Gasteiger charge is -2.29. The van der Waals surface area contributed by atoms with Crippen LogP contribution in [0.15, 0.2) is 29.9 Å². The van der Waals surface area contributed by atoms with E-state index in [1.807, 2.05) is 0 Å². The van der Waals surface area contributed by atoms with E-state index in [0.29, 0.717) is 12.0 Å². The first-order valence-electron chi connectivity index (χ1n) is 9.09. The zero-order valence-electron chi connectivity index (χ0n) is 14.1. The average molecular weight is 343 g/mol. The summed E-state index contributed by atoms with van der Waals surface area (Å²) in [5.74, 6) is 1.05. The van der Waals surface area contributed by atoms with Gasteiger partial charge < -0.3 is 9.88 Å². The third-order valence-electron chi connectivity index (χ3n) is 5.39. The highest BCUT2D eigenvalue weighted by molar-refractivity contribution is 7.09. The zero-order chi connectivity index (χ0) is 16.5. The molecule has 2 fully saturated rings. The molecule has 2 aromatic rings. The Labute approximate surface area is 147 Å². The minimum absolute atomic E-state index is 0.0171. The van der Waals surface area contributed by atoms with Gasteiger partial charge in [0, 0.05) is 35.7 Å². The second-order valence-electron chi connectivity index (χ2n) is 7.25. The van der Waals surface area contributed by atoms with Crippen molar-refractivity contribution >= 4 is 17.2 Å². The van der Waals surface area contributed by atoms with Crippen LogP contribution in [-0.4, -0.2) is 15.5 Å². The smallest absolute Gasteiger partial charge is 0.223 e. The van der Waals surface area contributed by atoms with Crippen LogP contribution in [0.4, 0.5) is 0 Å². The number of carbonyl (C=O) groups is 1. The normalized spacial score (nSPS) is 25.4. The van der Waals surface area contributed by atoms with E-state index in [-0.39, 0.29) is 17.9 Å². The Bertz CT molecular complexity index is 681. The number of thiazole rings is 1. The fraction of sp³-hybridized carbons (Fsp3) is 0.579. The number of nitrogens with one attached hydrogen (secondary N) is 1. The van der Waals surface area contributed by atoms with Crippen LogP contribution in [0.5, 0.6) is 0 Å². The first kappa shape index (κ1) is 15.9. The van der Waals surface area contributed by atoms with Gasteiger partial charge in [-0.3, -0.25) is 4.79 Å². The van der Waals surface area contributed by atoms with Crippen molar-refractivity contribution in [1.29, 1.82) is 0 Å². The maximum absolute atomic E-state index is 12.6. The van der Waals surface area contributed by atoms with Gasteiger partial charge in [-0.15, -0.1) is 11.3 Å². The van der Waals surface area contributed by atoms with Crippen molar-refractivity contribution in [2.24, 2.45) is 5.92 Å². The maximum atomic E-state index is 12.6. The number of nitrogens with zero attached hydrogens (tertiary/aromatic N) is 2. The van der Waals surface area contributed by atoms with Gasteiger partial charge in [0.1, 0.15) is 0 Å². The van der Waals surface area contributed by atoms with Gasteiger partial charge in [-0.25, -0.2) is 4.98 Å². The van der Waals surface area contributed by atoms with Crippen molar-refractivity contribution in [2.75, 3.05) is 0 Å². The first-order chi connectivity index (χ1) is 11.7. The van der Waals surface area contributed by atoms with E-state index in [1.165, 1.54) is 17.8 Å². The molecule has 2 aliphatic rings. The zero-order valence-corrected chi connectivity index (χ0v) is 15.0. The highest BCUT2D eigenvalue weighted by atomic mass is 32.1. The Balaban J connectivity index is 1.29. The van der Waals surface area contributed by atoms with Gasteiger partial charge in [-0.2, -0.15) is 0 Å². The maximum Gasteiger partial charge on any atom is 0.223 e. The highest BCUT2D eigenvalue weighted by Crippen LogP contribution is 2.42. The van der Waals surface area contributed by atoms with Crippen molar-refractivity contribution in [1.82, 2.24) is 14.9 Å². The topological polar surface area (TPSA) is 46.9 Å². The minimum atomic E-state index is 0.0171. The number of rotatable bonds is 5. The molecule has 4 nitrogen and oxygen atoms in total. The summed E-state index contributed by atoms with van der Waals surface area (Å²) in [5.41, 5.74) is 1.02. The Kier molecular flexibility index (Phi) is 4.44. The van der Waals surface area contributed by atoms with Crippen LogP contribution in [0.3, 0.4) is 0 Å². The SMILES string of the molecule is CC(NC(=O)C1CCC(n2cccc2)CC1)c1csc(C2CC2)n1.